The Balaban J connectivity index is 1.77. The Bertz CT molecular complexity index is 1370. The number of likely N-dealkylation sites (N-methyl/N-ethyl adjacent to an activating group) is 1. The Kier molecular flexibility index (Phi) is 4.30. The van der Waals surface area contributed by atoms with Gasteiger partial charge in [-0.1, -0.05) is 18.2 Å². The summed E-state index contributed by atoms with van der Waals surface area (Å²) in [6.45, 7) is -0.00488. The smallest absolute Gasteiger partial charge is 0.302 e. The molecule has 0 radical (unpaired) electrons. The van der Waals surface area contributed by atoms with E-state index in [1.807, 2.05) is 30.3 Å². The molecule has 1 aliphatic heterocycles. The number of methoxy groups -OCH3 is 1. The van der Waals surface area contributed by atoms with Crippen LogP contribution in [0.25, 0.3) is 28.0 Å². The minimum atomic E-state index is -0.0970. The number of carbonyl (C=O) groups is 1. The summed E-state index contributed by atoms with van der Waals surface area (Å²) in [4.78, 5) is 22.8. The molecule has 0 fully saturated rings. The van der Waals surface area contributed by atoms with Crippen LogP contribution in [0, 0.1) is 11.3 Å². The van der Waals surface area contributed by atoms with Gasteiger partial charge < -0.3 is 14.4 Å². The fraction of sp³-hybridized carbons (Fsp3) is 0.130. The van der Waals surface area contributed by atoms with Crippen molar-refractivity contribution >= 4 is 17.2 Å². The third-order valence-corrected chi connectivity index (χ3v) is 5.32. The van der Waals surface area contributed by atoms with Gasteiger partial charge >= 0.3 is 6.01 Å². The van der Waals surface area contributed by atoms with Crippen molar-refractivity contribution in [1.82, 2.24) is 14.4 Å². The van der Waals surface area contributed by atoms with Crippen molar-refractivity contribution < 1.29 is 14.3 Å². The number of nitriles is 1. The van der Waals surface area contributed by atoms with E-state index >= 15 is 0 Å². The van der Waals surface area contributed by atoms with Gasteiger partial charge in [0.15, 0.2) is 12.3 Å². The standard InChI is InChI=1S/C23H17N5O3/c1-27-17-8-7-16(11-18(17)31-13-19(27)29)20-21(15-5-3-14(12-24)4-6-15)26-23(30-2)28-10-9-25-22(20)28/h3-11H,13H2,1-2H3. The lowest BCUT2D eigenvalue weighted by Crippen LogP contribution is -2.35. The molecule has 0 saturated heterocycles. The normalized spacial score (nSPS) is 12.9. The molecule has 0 unspecified atom stereocenters. The maximum absolute atomic E-state index is 12.0. The summed E-state index contributed by atoms with van der Waals surface area (Å²) in [5, 5.41) is 9.14. The van der Waals surface area contributed by atoms with Gasteiger partial charge in [-0.05, 0) is 29.8 Å². The first kappa shape index (κ1) is 18.6. The molecule has 0 aliphatic carbocycles. The number of nitrogens with zero attached hydrogens (tertiary/aromatic N) is 5. The number of fused-ring (bicyclic) bond motifs is 2. The molecule has 0 bridgehead atoms. The van der Waals surface area contributed by atoms with Crippen molar-refractivity contribution in [3.8, 4) is 40.2 Å². The lowest BCUT2D eigenvalue weighted by molar-refractivity contribution is -0.120. The molecule has 4 aromatic rings. The van der Waals surface area contributed by atoms with Gasteiger partial charge in [0.1, 0.15) is 5.75 Å². The van der Waals surface area contributed by atoms with Crippen LogP contribution in [0.15, 0.2) is 54.9 Å². The zero-order valence-electron chi connectivity index (χ0n) is 16.9. The first-order valence-electron chi connectivity index (χ1n) is 9.56. The van der Waals surface area contributed by atoms with E-state index in [9.17, 15) is 4.79 Å². The predicted octanol–water partition coefficient (Wildman–Crippen LogP) is 3.30. The van der Waals surface area contributed by atoms with Crippen LogP contribution in [-0.4, -0.2) is 41.0 Å². The number of rotatable bonds is 3. The summed E-state index contributed by atoms with van der Waals surface area (Å²) in [6, 6.07) is 15.4. The summed E-state index contributed by atoms with van der Waals surface area (Å²) in [6.07, 6.45) is 3.47. The first-order valence-corrected chi connectivity index (χ1v) is 9.56. The molecule has 1 amide bonds. The molecule has 0 N–H and O–H groups in total. The molecule has 2 aromatic heterocycles. The highest BCUT2D eigenvalue weighted by Crippen LogP contribution is 2.40. The fourth-order valence-corrected chi connectivity index (χ4v) is 3.71. The summed E-state index contributed by atoms with van der Waals surface area (Å²) in [5.74, 6) is 0.520. The summed E-state index contributed by atoms with van der Waals surface area (Å²) in [5.41, 5.74) is 5.07. The number of benzene rings is 2. The molecule has 2 aromatic carbocycles. The Morgan fingerprint density at radius 3 is 2.68 bits per heavy atom. The van der Waals surface area contributed by atoms with Gasteiger partial charge in [0, 0.05) is 25.0 Å². The third kappa shape index (κ3) is 2.95. The highest BCUT2D eigenvalue weighted by molar-refractivity contribution is 5.99. The summed E-state index contributed by atoms with van der Waals surface area (Å²) in [7, 11) is 3.29. The predicted molar refractivity (Wildman–Crippen MR) is 114 cm³/mol. The topological polar surface area (TPSA) is 92.8 Å². The van der Waals surface area contributed by atoms with Gasteiger partial charge in [-0.3, -0.25) is 9.20 Å². The van der Waals surface area contributed by atoms with Crippen LogP contribution < -0.4 is 14.4 Å². The van der Waals surface area contributed by atoms with E-state index < -0.39 is 0 Å². The van der Waals surface area contributed by atoms with E-state index in [2.05, 4.69) is 11.1 Å². The molecular formula is C23H17N5O3. The van der Waals surface area contributed by atoms with Crippen LogP contribution in [0.1, 0.15) is 5.56 Å². The molecule has 0 spiro atoms. The van der Waals surface area contributed by atoms with E-state index in [1.165, 1.54) is 0 Å². The minimum absolute atomic E-state index is 0.00488. The number of imidazole rings is 1. The molecule has 31 heavy (non-hydrogen) atoms. The van der Waals surface area contributed by atoms with E-state index in [0.717, 1.165) is 16.7 Å². The van der Waals surface area contributed by atoms with Gasteiger partial charge in [-0.2, -0.15) is 10.2 Å². The molecule has 5 rings (SSSR count). The highest BCUT2D eigenvalue weighted by Gasteiger charge is 2.25. The maximum Gasteiger partial charge on any atom is 0.302 e. The van der Waals surface area contributed by atoms with Crippen LogP contribution in [0.5, 0.6) is 11.8 Å². The second-order valence-corrected chi connectivity index (χ2v) is 7.06. The number of ether oxygens (including phenoxy) is 2. The SMILES string of the molecule is COc1nc(-c2ccc(C#N)cc2)c(-c2ccc3c(c2)OCC(=O)N3C)c2nccn12. The first-order chi connectivity index (χ1) is 15.1. The molecule has 8 nitrogen and oxygen atoms in total. The lowest BCUT2D eigenvalue weighted by atomic mass is 9.98. The number of hydrogen-bond donors (Lipinski definition) is 0. The van der Waals surface area contributed by atoms with Crippen LogP contribution >= 0.6 is 0 Å². The lowest BCUT2D eigenvalue weighted by Gasteiger charge is -2.26. The molecule has 1 aliphatic rings. The zero-order chi connectivity index (χ0) is 21.5. The average Bonchev–Trinajstić information content (AvgIpc) is 3.30. The molecule has 3 heterocycles. The van der Waals surface area contributed by atoms with Crippen molar-refractivity contribution in [3.63, 3.8) is 0 Å². The van der Waals surface area contributed by atoms with Gasteiger partial charge in [-0.25, -0.2) is 4.98 Å². The zero-order valence-corrected chi connectivity index (χ0v) is 16.9. The van der Waals surface area contributed by atoms with E-state index in [4.69, 9.17) is 19.7 Å². The Morgan fingerprint density at radius 1 is 1.16 bits per heavy atom. The molecule has 0 atom stereocenters. The van der Waals surface area contributed by atoms with Crippen molar-refractivity contribution in [2.24, 2.45) is 0 Å². The van der Waals surface area contributed by atoms with Crippen LogP contribution in [0.4, 0.5) is 5.69 Å². The number of carbonyl (C=O) groups excluding carboxylic acids is 1. The van der Waals surface area contributed by atoms with Gasteiger partial charge in [0.05, 0.1) is 35.7 Å². The van der Waals surface area contributed by atoms with Gasteiger partial charge in [0.2, 0.25) is 0 Å². The number of anilines is 1. The van der Waals surface area contributed by atoms with Crippen LogP contribution in [0.3, 0.4) is 0 Å². The van der Waals surface area contributed by atoms with Crippen molar-refractivity contribution in [2.75, 3.05) is 25.7 Å². The van der Waals surface area contributed by atoms with Gasteiger partial charge in [0.25, 0.3) is 5.91 Å². The Morgan fingerprint density at radius 2 is 1.94 bits per heavy atom. The van der Waals surface area contributed by atoms with Crippen molar-refractivity contribution in [2.45, 2.75) is 0 Å². The minimum Gasteiger partial charge on any atom is -0.482 e. The number of aromatic nitrogens is 3. The Labute approximate surface area is 177 Å². The molecule has 0 saturated carbocycles. The molecule has 152 valence electrons. The molecule has 8 heteroatoms. The molecular weight excluding hydrogens is 394 g/mol. The maximum atomic E-state index is 12.0. The fourth-order valence-electron chi connectivity index (χ4n) is 3.71. The largest absolute Gasteiger partial charge is 0.482 e. The van der Waals surface area contributed by atoms with Gasteiger partial charge in [-0.15, -0.1) is 0 Å². The summed E-state index contributed by atoms with van der Waals surface area (Å²) < 4.78 is 13.0. The van der Waals surface area contributed by atoms with E-state index in [-0.39, 0.29) is 12.5 Å². The van der Waals surface area contributed by atoms with Crippen LogP contribution in [-0.2, 0) is 4.79 Å². The monoisotopic (exact) mass is 411 g/mol. The van der Waals surface area contributed by atoms with Crippen molar-refractivity contribution in [3.05, 3.63) is 60.4 Å². The second-order valence-electron chi connectivity index (χ2n) is 7.06. The summed E-state index contributed by atoms with van der Waals surface area (Å²) >= 11 is 0. The Hall–Kier alpha value is -4.38. The second kappa shape index (κ2) is 7.15. The van der Waals surface area contributed by atoms with E-state index in [1.54, 1.807) is 48.0 Å². The van der Waals surface area contributed by atoms with E-state index in [0.29, 0.717) is 34.4 Å². The quantitative estimate of drug-likeness (QED) is 0.514. The van der Waals surface area contributed by atoms with Crippen molar-refractivity contribution in [1.29, 1.82) is 5.26 Å². The number of hydrogen-bond acceptors (Lipinski definition) is 6. The highest BCUT2D eigenvalue weighted by atomic mass is 16.5. The average molecular weight is 411 g/mol. The third-order valence-electron chi connectivity index (χ3n) is 5.32. The van der Waals surface area contributed by atoms with Crippen LogP contribution in [0.2, 0.25) is 0 Å². The number of amides is 1.